The van der Waals surface area contributed by atoms with Gasteiger partial charge in [0.05, 0.1) is 17.5 Å². The molecular weight excluding hydrogens is 396 g/mol. The molecule has 7 nitrogen and oxygen atoms in total. The van der Waals surface area contributed by atoms with Gasteiger partial charge < -0.3 is 15.2 Å². The number of aromatic nitrogens is 2. The molecule has 3 N–H and O–H groups in total. The first kappa shape index (κ1) is 22.0. The van der Waals surface area contributed by atoms with E-state index >= 15 is 0 Å². The molecule has 7 heteroatoms. The molecule has 3 aromatic rings. The summed E-state index contributed by atoms with van der Waals surface area (Å²) >= 11 is 0. The average molecular weight is 420 g/mol. The lowest BCUT2D eigenvalue weighted by Gasteiger charge is -2.11. The van der Waals surface area contributed by atoms with Crippen molar-refractivity contribution in [1.82, 2.24) is 9.97 Å². The summed E-state index contributed by atoms with van der Waals surface area (Å²) in [7, 11) is 0. The molecule has 1 aromatic heterocycles. The van der Waals surface area contributed by atoms with Crippen molar-refractivity contribution >= 4 is 11.9 Å². The molecule has 0 atom stereocenters. The van der Waals surface area contributed by atoms with Crippen molar-refractivity contribution in [2.45, 2.75) is 39.0 Å². The van der Waals surface area contributed by atoms with Crippen molar-refractivity contribution in [1.29, 1.82) is 0 Å². The van der Waals surface area contributed by atoms with Gasteiger partial charge in [0.15, 0.2) is 0 Å². The zero-order valence-corrected chi connectivity index (χ0v) is 17.2. The monoisotopic (exact) mass is 420 g/mol. The number of benzene rings is 2. The zero-order chi connectivity index (χ0) is 22.4. The van der Waals surface area contributed by atoms with E-state index in [9.17, 15) is 24.6 Å². The number of aliphatic carboxylic acids is 1. The summed E-state index contributed by atoms with van der Waals surface area (Å²) in [5, 5.41) is 18.6. The number of hydrogen-bond donors (Lipinski definition) is 3. The van der Waals surface area contributed by atoms with Crippen LogP contribution < -0.4 is 5.56 Å². The standard InChI is InChI=1S/C24H24N2O5/c1-2-3-8-21-25-20(19(14-22(27)28)23(29)26-21)13-15-9-11-16(12-10-15)17-6-4-5-7-18(17)24(30)31/h4-7,9-12H,2-3,8,13-14H2,1H3,(H,27,28)(H,30,31)(H,25,26,29). The largest absolute Gasteiger partial charge is 0.481 e. The molecule has 160 valence electrons. The number of aromatic carboxylic acids is 1. The quantitative estimate of drug-likeness (QED) is 0.485. The van der Waals surface area contributed by atoms with Gasteiger partial charge in [-0.25, -0.2) is 4.79 Å². The minimum Gasteiger partial charge on any atom is -0.481 e. The van der Waals surface area contributed by atoms with Crippen molar-refractivity contribution in [2.24, 2.45) is 0 Å². The minimum absolute atomic E-state index is 0.160. The third-order valence-electron chi connectivity index (χ3n) is 5.05. The second-order valence-electron chi connectivity index (χ2n) is 7.34. The van der Waals surface area contributed by atoms with Gasteiger partial charge in [-0.3, -0.25) is 9.59 Å². The molecule has 3 rings (SSSR count). The number of rotatable bonds is 9. The Hall–Kier alpha value is -3.74. The summed E-state index contributed by atoms with van der Waals surface area (Å²) in [4.78, 5) is 42.3. The van der Waals surface area contributed by atoms with E-state index in [-0.39, 0.29) is 11.1 Å². The summed E-state index contributed by atoms with van der Waals surface area (Å²) in [6.07, 6.45) is 2.40. The van der Waals surface area contributed by atoms with Crippen LogP contribution in [0.4, 0.5) is 0 Å². The van der Waals surface area contributed by atoms with Crippen LogP contribution in [0.15, 0.2) is 53.3 Å². The molecule has 0 spiro atoms. The van der Waals surface area contributed by atoms with Gasteiger partial charge in [0.2, 0.25) is 0 Å². The molecule has 0 amide bonds. The summed E-state index contributed by atoms with van der Waals surface area (Å²) in [5.74, 6) is -1.52. The van der Waals surface area contributed by atoms with Crippen LogP contribution in [0, 0.1) is 0 Å². The third-order valence-corrected chi connectivity index (χ3v) is 5.05. The van der Waals surface area contributed by atoms with Crippen molar-refractivity contribution < 1.29 is 19.8 Å². The maximum absolute atomic E-state index is 12.4. The Kier molecular flexibility index (Phi) is 6.97. The molecule has 31 heavy (non-hydrogen) atoms. The van der Waals surface area contributed by atoms with E-state index < -0.39 is 23.9 Å². The van der Waals surface area contributed by atoms with E-state index in [0.717, 1.165) is 24.0 Å². The van der Waals surface area contributed by atoms with Crippen LogP contribution in [0.2, 0.25) is 0 Å². The predicted octanol–water partition coefficient (Wildman–Crippen LogP) is 3.70. The van der Waals surface area contributed by atoms with Crippen LogP contribution in [0.25, 0.3) is 11.1 Å². The van der Waals surface area contributed by atoms with Crippen LogP contribution in [-0.4, -0.2) is 32.1 Å². The Morgan fingerprint density at radius 2 is 1.74 bits per heavy atom. The number of carboxylic acid groups (broad SMARTS) is 2. The second kappa shape index (κ2) is 9.84. The van der Waals surface area contributed by atoms with Gasteiger partial charge in [0, 0.05) is 18.5 Å². The van der Waals surface area contributed by atoms with E-state index in [4.69, 9.17) is 0 Å². The molecule has 0 bridgehead atoms. The number of H-pyrrole nitrogens is 1. The van der Waals surface area contributed by atoms with E-state index in [0.29, 0.717) is 29.9 Å². The molecule has 0 saturated carbocycles. The Bertz CT molecular complexity index is 1150. The summed E-state index contributed by atoms with van der Waals surface area (Å²) in [6.45, 7) is 2.04. The first-order chi connectivity index (χ1) is 14.9. The highest BCUT2D eigenvalue weighted by molar-refractivity contribution is 5.96. The fourth-order valence-electron chi connectivity index (χ4n) is 3.47. The van der Waals surface area contributed by atoms with Crippen LogP contribution in [-0.2, 0) is 24.1 Å². The van der Waals surface area contributed by atoms with Gasteiger partial charge in [-0.1, -0.05) is 55.8 Å². The van der Waals surface area contributed by atoms with Gasteiger partial charge in [-0.2, -0.15) is 4.98 Å². The highest BCUT2D eigenvalue weighted by Gasteiger charge is 2.16. The highest BCUT2D eigenvalue weighted by atomic mass is 16.4. The molecule has 1 heterocycles. The first-order valence-electron chi connectivity index (χ1n) is 10.1. The fraction of sp³-hybridized carbons (Fsp3) is 0.250. The number of aromatic amines is 1. The van der Waals surface area contributed by atoms with Crippen LogP contribution in [0.5, 0.6) is 0 Å². The number of unbranched alkanes of at least 4 members (excludes halogenated alkanes) is 1. The van der Waals surface area contributed by atoms with Crippen molar-refractivity contribution in [2.75, 3.05) is 0 Å². The number of nitrogens with zero attached hydrogens (tertiary/aromatic N) is 1. The molecule has 0 saturated heterocycles. The Labute approximate surface area is 179 Å². The first-order valence-corrected chi connectivity index (χ1v) is 10.1. The van der Waals surface area contributed by atoms with Crippen LogP contribution in [0.1, 0.15) is 52.8 Å². The Morgan fingerprint density at radius 3 is 2.39 bits per heavy atom. The highest BCUT2D eigenvalue weighted by Crippen LogP contribution is 2.25. The lowest BCUT2D eigenvalue weighted by atomic mass is 9.97. The SMILES string of the molecule is CCCCc1nc(=O)c(CC(=O)O)c(Cc2ccc(-c3ccccc3C(=O)O)cc2)[nH]1. The minimum atomic E-state index is -1.09. The molecule has 0 aliphatic carbocycles. The topological polar surface area (TPSA) is 120 Å². The maximum atomic E-state index is 12.4. The van der Waals surface area contributed by atoms with E-state index in [1.54, 1.807) is 24.3 Å². The molecule has 0 fully saturated rings. The lowest BCUT2D eigenvalue weighted by molar-refractivity contribution is -0.136. The number of carbonyl (C=O) groups is 2. The average Bonchev–Trinajstić information content (AvgIpc) is 2.75. The van der Waals surface area contributed by atoms with Crippen molar-refractivity contribution in [3.8, 4) is 11.1 Å². The number of hydrogen-bond acceptors (Lipinski definition) is 4. The smallest absolute Gasteiger partial charge is 0.336 e. The third kappa shape index (κ3) is 5.45. The zero-order valence-electron chi connectivity index (χ0n) is 17.2. The Balaban J connectivity index is 1.93. The van der Waals surface area contributed by atoms with Crippen LogP contribution >= 0.6 is 0 Å². The lowest BCUT2D eigenvalue weighted by Crippen LogP contribution is -2.23. The molecular formula is C24H24N2O5. The molecule has 2 aromatic carbocycles. The number of nitrogens with one attached hydrogen (secondary N) is 1. The second-order valence-corrected chi connectivity index (χ2v) is 7.34. The number of aryl methyl sites for hydroxylation is 1. The van der Waals surface area contributed by atoms with E-state index in [1.165, 1.54) is 0 Å². The predicted molar refractivity (Wildman–Crippen MR) is 116 cm³/mol. The van der Waals surface area contributed by atoms with Crippen molar-refractivity contribution in [3.05, 3.63) is 87.1 Å². The van der Waals surface area contributed by atoms with Gasteiger partial charge in [-0.15, -0.1) is 0 Å². The van der Waals surface area contributed by atoms with E-state index in [2.05, 4.69) is 9.97 Å². The summed E-state index contributed by atoms with van der Waals surface area (Å²) in [6, 6.07) is 14.1. The van der Waals surface area contributed by atoms with Crippen LogP contribution in [0.3, 0.4) is 0 Å². The Morgan fingerprint density at radius 1 is 1.03 bits per heavy atom. The maximum Gasteiger partial charge on any atom is 0.336 e. The molecule has 0 aliphatic rings. The normalized spacial score (nSPS) is 10.7. The number of carboxylic acids is 2. The molecule has 0 aliphatic heterocycles. The van der Waals surface area contributed by atoms with Gasteiger partial charge in [0.25, 0.3) is 5.56 Å². The summed E-state index contributed by atoms with van der Waals surface area (Å²) in [5.41, 5.74) is 2.67. The molecule has 0 unspecified atom stereocenters. The molecule has 0 radical (unpaired) electrons. The van der Waals surface area contributed by atoms with Gasteiger partial charge in [-0.05, 0) is 29.2 Å². The van der Waals surface area contributed by atoms with E-state index in [1.807, 2.05) is 31.2 Å². The van der Waals surface area contributed by atoms with Gasteiger partial charge in [0.1, 0.15) is 5.82 Å². The summed E-state index contributed by atoms with van der Waals surface area (Å²) < 4.78 is 0. The van der Waals surface area contributed by atoms with Crippen molar-refractivity contribution in [3.63, 3.8) is 0 Å². The van der Waals surface area contributed by atoms with Gasteiger partial charge >= 0.3 is 11.9 Å². The fourth-order valence-corrected chi connectivity index (χ4v) is 3.47.